The van der Waals surface area contributed by atoms with E-state index in [1.165, 1.54) is 17.3 Å². The van der Waals surface area contributed by atoms with Crippen molar-refractivity contribution in [3.05, 3.63) is 80.6 Å². The summed E-state index contributed by atoms with van der Waals surface area (Å²) in [6.07, 6.45) is 5.31. The molecule has 7 nitrogen and oxygen atoms in total. The average molecular weight is 534 g/mol. The maximum atomic E-state index is 13.8. The summed E-state index contributed by atoms with van der Waals surface area (Å²) in [5.41, 5.74) is 3.13. The molecule has 0 atom stereocenters. The minimum absolute atomic E-state index is 0.129. The van der Waals surface area contributed by atoms with Gasteiger partial charge in [0.05, 0.1) is 10.5 Å². The van der Waals surface area contributed by atoms with Gasteiger partial charge in [-0.1, -0.05) is 73.7 Å². The molecule has 9 heteroatoms. The number of rotatable bonds is 7. The van der Waals surface area contributed by atoms with Gasteiger partial charge >= 0.3 is 0 Å². The predicted molar refractivity (Wildman–Crippen MR) is 155 cm³/mol. The van der Waals surface area contributed by atoms with Gasteiger partial charge in [0.2, 0.25) is 0 Å². The average Bonchev–Trinajstić information content (AvgIpc) is 3.17. The number of hydrogen-bond donors (Lipinski definition) is 0. The maximum absolute atomic E-state index is 13.8. The van der Waals surface area contributed by atoms with Crippen LogP contribution < -0.4 is 10.5 Å². The van der Waals surface area contributed by atoms with E-state index in [1.807, 2.05) is 25.1 Å². The van der Waals surface area contributed by atoms with E-state index in [0.29, 0.717) is 32.8 Å². The summed E-state index contributed by atoms with van der Waals surface area (Å²) in [4.78, 5) is 38.6. The van der Waals surface area contributed by atoms with Crippen molar-refractivity contribution >= 4 is 51.7 Å². The standard InChI is InChI=1S/C28H31N5O2S2/c1-3-4-12-33-27(35)23(37-28(33)36)18-22-25(29-24-20(2)9-8-13-32(24)26(22)34)31-16-14-30(15-17-31)19-21-10-6-5-7-11-21/h5-11,13,18H,3-4,12,14-17,19H2,1-2H3. The number of carbonyl (C=O) groups is 1. The van der Waals surface area contributed by atoms with Crippen LogP contribution in [0.2, 0.25) is 0 Å². The molecule has 4 heterocycles. The van der Waals surface area contributed by atoms with Crippen LogP contribution in [0.5, 0.6) is 0 Å². The number of unbranched alkanes of at least 4 members (excludes halogenated alkanes) is 1. The second-order valence-corrected chi connectivity index (χ2v) is 11.2. The number of carbonyl (C=O) groups excluding carboxylic acids is 1. The fourth-order valence-corrected chi connectivity index (χ4v) is 6.06. The lowest BCUT2D eigenvalue weighted by Crippen LogP contribution is -2.47. The highest BCUT2D eigenvalue weighted by atomic mass is 32.2. The number of aryl methyl sites for hydroxylation is 1. The Morgan fingerprint density at radius 1 is 1.05 bits per heavy atom. The van der Waals surface area contributed by atoms with Crippen molar-refractivity contribution in [2.24, 2.45) is 0 Å². The number of anilines is 1. The number of hydrogen-bond acceptors (Lipinski definition) is 7. The molecule has 1 aromatic carbocycles. The fourth-order valence-electron chi connectivity index (χ4n) is 4.77. The first-order valence-corrected chi connectivity index (χ1v) is 14.0. The molecule has 0 N–H and O–H groups in total. The lowest BCUT2D eigenvalue weighted by molar-refractivity contribution is -0.122. The van der Waals surface area contributed by atoms with Gasteiger partial charge < -0.3 is 4.90 Å². The summed E-state index contributed by atoms with van der Waals surface area (Å²) < 4.78 is 2.12. The van der Waals surface area contributed by atoms with Crippen LogP contribution in [0.15, 0.2) is 58.4 Å². The van der Waals surface area contributed by atoms with E-state index in [2.05, 4.69) is 41.0 Å². The molecule has 5 rings (SSSR count). The highest BCUT2D eigenvalue weighted by Gasteiger charge is 2.33. The van der Waals surface area contributed by atoms with Crippen LogP contribution >= 0.6 is 24.0 Å². The van der Waals surface area contributed by atoms with Gasteiger partial charge in [0, 0.05) is 45.5 Å². The van der Waals surface area contributed by atoms with Gasteiger partial charge in [0.25, 0.3) is 11.5 Å². The number of amides is 1. The van der Waals surface area contributed by atoms with Crippen LogP contribution in [-0.2, 0) is 11.3 Å². The highest BCUT2D eigenvalue weighted by Crippen LogP contribution is 2.34. The minimum Gasteiger partial charge on any atom is -0.353 e. The molecule has 192 valence electrons. The highest BCUT2D eigenvalue weighted by molar-refractivity contribution is 8.26. The van der Waals surface area contributed by atoms with Gasteiger partial charge in [-0.25, -0.2) is 4.98 Å². The first-order chi connectivity index (χ1) is 18.0. The minimum atomic E-state index is -0.172. The summed E-state index contributed by atoms with van der Waals surface area (Å²) in [6, 6.07) is 14.3. The third kappa shape index (κ3) is 5.35. The van der Waals surface area contributed by atoms with Gasteiger partial charge in [-0.15, -0.1) is 0 Å². The largest absolute Gasteiger partial charge is 0.353 e. The van der Waals surface area contributed by atoms with Gasteiger partial charge in [-0.2, -0.15) is 0 Å². The Balaban J connectivity index is 1.48. The second-order valence-electron chi connectivity index (χ2n) is 9.47. The van der Waals surface area contributed by atoms with E-state index in [4.69, 9.17) is 17.2 Å². The molecule has 2 aliphatic heterocycles. The number of thiocarbonyl (C=S) groups is 1. The van der Waals surface area contributed by atoms with Gasteiger partial charge in [0.1, 0.15) is 15.8 Å². The summed E-state index contributed by atoms with van der Waals surface area (Å²) in [5, 5.41) is 0. The number of fused-ring (bicyclic) bond motifs is 1. The molecule has 37 heavy (non-hydrogen) atoms. The number of thioether (sulfide) groups is 1. The second kappa shape index (κ2) is 11.2. The van der Waals surface area contributed by atoms with E-state index in [0.717, 1.165) is 51.1 Å². The molecule has 2 saturated heterocycles. The Labute approximate surface area is 226 Å². The lowest BCUT2D eigenvalue weighted by atomic mass is 10.1. The number of pyridine rings is 1. The molecular formula is C28H31N5O2S2. The molecule has 0 spiro atoms. The lowest BCUT2D eigenvalue weighted by Gasteiger charge is -2.36. The van der Waals surface area contributed by atoms with E-state index >= 15 is 0 Å². The fraction of sp³-hybridized carbons (Fsp3) is 0.357. The summed E-state index contributed by atoms with van der Waals surface area (Å²) in [7, 11) is 0. The van der Waals surface area contributed by atoms with Crippen molar-refractivity contribution in [3.8, 4) is 0 Å². The molecule has 0 aliphatic carbocycles. The van der Waals surface area contributed by atoms with Crippen molar-refractivity contribution in [1.29, 1.82) is 0 Å². The Kier molecular flexibility index (Phi) is 7.73. The zero-order valence-corrected chi connectivity index (χ0v) is 22.9. The molecule has 3 aromatic rings. The topological polar surface area (TPSA) is 61.2 Å². The number of aromatic nitrogens is 2. The molecule has 2 aliphatic rings. The van der Waals surface area contributed by atoms with Crippen LogP contribution in [0.4, 0.5) is 5.82 Å². The Morgan fingerprint density at radius 2 is 1.81 bits per heavy atom. The first-order valence-electron chi connectivity index (χ1n) is 12.7. The van der Waals surface area contributed by atoms with Crippen molar-refractivity contribution in [2.75, 3.05) is 37.6 Å². The summed E-state index contributed by atoms with van der Waals surface area (Å²) in [6.45, 7) is 8.77. The van der Waals surface area contributed by atoms with Crippen LogP contribution in [0, 0.1) is 6.92 Å². The zero-order chi connectivity index (χ0) is 25.9. The van der Waals surface area contributed by atoms with Gasteiger partial charge in [0.15, 0.2) is 0 Å². The number of piperazine rings is 1. The summed E-state index contributed by atoms with van der Waals surface area (Å²) in [5.74, 6) is 0.508. The smallest absolute Gasteiger partial charge is 0.267 e. The number of nitrogens with zero attached hydrogens (tertiary/aromatic N) is 5. The monoisotopic (exact) mass is 533 g/mol. The Hall–Kier alpha value is -3.01. The third-order valence-corrected chi connectivity index (χ3v) is 8.25. The quantitative estimate of drug-likeness (QED) is 0.331. The molecule has 0 saturated carbocycles. The van der Waals surface area contributed by atoms with Crippen LogP contribution in [-0.4, -0.2) is 62.1 Å². The normalized spacial score (nSPS) is 17.9. The molecule has 0 unspecified atom stereocenters. The number of benzene rings is 1. The Morgan fingerprint density at radius 3 is 2.54 bits per heavy atom. The molecular weight excluding hydrogens is 502 g/mol. The third-order valence-electron chi connectivity index (χ3n) is 6.87. The van der Waals surface area contributed by atoms with Crippen molar-refractivity contribution in [1.82, 2.24) is 19.2 Å². The summed E-state index contributed by atoms with van der Waals surface area (Å²) >= 11 is 6.76. The van der Waals surface area contributed by atoms with Crippen LogP contribution in [0.3, 0.4) is 0 Å². The van der Waals surface area contributed by atoms with Gasteiger partial charge in [-0.05, 0) is 36.6 Å². The molecule has 0 radical (unpaired) electrons. The first kappa shape index (κ1) is 25.6. The van der Waals surface area contributed by atoms with Crippen LogP contribution in [0.25, 0.3) is 11.7 Å². The van der Waals surface area contributed by atoms with Gasteiger partial charge in [-0.3, -0.25) is 23.8 Å². The maximum Gasteiger partial charge on any atom is 0.267 e. The van der Waals surface area contributed by atoms with Crippen molar-refractivity contribution in [2.45, 2.75) is 33.2 Å². The molecule has 0 bridgehead atoms. The zero-order valence-electron chi connectivity index (χ0n) is 21.2. The van der Waals surface area contributed by atoms with E-state index in [-0.39, 0.29) is 11.5 Å². The van der Waals surface area contributed by atoms with Crippen molar-refractivity contribution in [3.63, 3.8) is 0 Å². The SMILES string of the molecule is CCCCN1C(=O)C(=Cc2c(N3CCN(Cc4ccccc4)CC3)nc3c(C)cccn3c2=O)SC1=S. The van der Waals surface area contributed by atoms with Crippen molar-refractivity contribution < 1.29 is 4.79 Å². The van der Waals surface area contributed by atoms with E-state index in [9.17, 15) is 9.59 Å². The van der Waals surface area contributed by atoms with E-state index in [1.54, 1.807) is 21.6 Å². The van der Waals surface area contributed by atoms with E-state index < -0.39 is 0 Å². The molecule has 2 fully saturated rings. The molecule has 1 amide bonds. The molecule has 2 aromatic heterocycles. The van der Waals surface area contributed by atoms with Crippen LogP contribution in [0.1, 0.15) is 36.5 Å². The Bertz CT molecular complexity index is 1410. The predicted octanol–water partition coefficient (Wildman–Crippen LogP) is 4.33.